The molecule has 0 fully saturated rings. The molecule has 14 amide bonds. The number of benzene rings is 12. The summed E-state index contributed by atoms with van der Waals surface area (Å²) in [6.07, 6.45) is 1.50. The van der Waals surface area contributed by atoms with Crippen LogP contribution in [0.2, 0.25) is 0 Å². The van der Waals surface area contributed by atoms with Gasteiger partial charge in [0.25, 0.3) is 105 Å². The molecule has 0 aromatic heterocycles. The number of carbonyl (C=O) groups is 14. The van der Waals surface area contributed by atoms with E-state index < -0.39 is 100 Å². The molecular weight excluding hydrogens is 1690 g/mol. The predicted octanol–water partition coefficient (Wildman–Crippen LogP) is 14.0. The van der Waals surface area contributed by atoms with Crippen LogP contribution in [0.25, 0.3) is 32.3 Å². The summed E-state index contributed by atoms with van der Waals surface area (Å²) >= 11 is 0. The highest BCUT2D eigenvalue weighted by atomic mass is 16.6. The number of amides is 14. The quantitative estimate of drug-likeness (QED) is 0.0422. The second kappa shape index (κ2) is 33.3. The topological polar surface area (TPSA) is 524 Å². The summed E-state index contributed by atoms with van der Waals surface area (Å²) < 4.78 is 0. The van der Waals surface area contributed by atoms with Gasteiger partial charge in [-0.3, -0.25) is 128 Å². The predicted molar refractivity (Wildman–Crippen MR) is 465 cm³/mol. The van der Waals surface area contributed by atoms with Crippen LogP contribution in [-0.4, -0.2) is 151 Å². The van der Waals surface area contributed by atoms with Gasteiger partial charge in [0, 0.05) is 200 Å². The van der Waals surface area contributed by atoms with Gasteiger partial charge in [-0.1, -0.05) is 0 Å². The molecule has 648 valence electrons. The normalized spacial score (nSPS) is 13.7. The van der Waals surface area contributed by atoms with Crippen molar-refractivity contribution >= 4 is 184 Å². The molecule has 0 unspecified atom stereocenters. The molecule has 0 N–H and O–H groups in total. The number of anilines is 6. The lowest BCUT2D eigenvalue weighted by Gasteiger charge is -2.32. The van der Waals surface area contributed by atoms with Gasteiger partial charge in [0.2, 0.25) is 12.8 Å². The molecule has 40 heteroatoms. The van der Waals surface area contributed by atoms with Gasteiger partial charge in [-0.15, -0.1) is 0 Å². The van der Waals surface area contributed by atoms with E-state index in [1.807, 2.05) is 0 Å². The largest absolute Gasteiger partial charge is 0.351 e. The molecule has 6 aliphatic rings. The Hall–Kier alpha value is -18.4. The first-order valence-electron chi connectivity index (χ1n) is 38.4. The third-order valence-corrected chi connectivity index (χ3v) is 21.9. The minimum atomic E-state index is -0.702. The smallest absolute Gasteiger partial charge is 0.269 e. The second-order valence-corrected chi connectivity index (χ2v) is 30.4. The third-order valence-electron chi connectivity index (χ3n) is 21.9. The van der Waals surface area contributed by atoms with Crippen molar-refractivity contribution in [3.05, 3.63) is 343 Å². The van der Waals surface area contributed by atoms with Crippen LogP contribution in [0, 0.1) is 102 Å². The molecule has 6 heterocycles. The molecule has 130 heavy (non-hydrogen) atoms. The van der Waals surface area contributed by atoms with E-state index in [-0.39, 0.29) is 167 Å². The molecule has 0 radical (unpaired) electrons. The maximum absolute atomic E-state index is 13.6. The van der Waals surface area contributed by atoms with E-state index in [9.17, 15) is 128 Å². The molecule has 6 aliphatic heterocycles. The van der Waals surface area contributed by atoms with Gasteiger partial charge < -0.3 is 9.80 Å². The van der Waals surface area contributed by atoms with E-state index in [1.165, 1.54) is 192 Å². The summed E-state index contributed by atoms with van der Waals surface area (Å²) in [4.78, 5) is 254. The van der Waals surface area contributed by atoms with E-state index in [0.29, 0.717) is 33.4 Å². The molecule has 0 saturated carbocycles. The minimum absolute atomic E-state index is 0.0912. The molecule has 0 bridgehead atoms. The second-order valence-electron chi connectivity index (χ2n) is 30.4. The van der Waals surface area contributed by atoms with Crippen LogP contribution in [0.5, 0.6) is 0 Å². The fraction of sp³-hybridized carbons (Fsp3) is 0.111. The average molecular weight is 1760 g/mol. The highest BCUT2D eigenvalue weighted by Gasteiger charge is 2.47. The first kappa shape index (κ1) is 87.9. The highest BCUT2D eigenvalue weighted by molar-refractivity contribution is 6.46. The average Bonchev–Trinajstić information content (AvgIpc) is 0.713. The highest BCUT2D eigenvalue weighted by Crippen LogP contribution is 2.47. The lowest BCUT2D eigenvalue weighted by Crippen LogP contribution is -2.43. The number of hydrogen-bond donors (Lipinski definition) is 0. The number of nitro groups is 6. The number of imide groups is 6. The Kier molecular flexibility index (Phi) is 22.6. The lowest BCUT2D eigenvalue weighted by molar-refractivity contribution is -0.385. The van der Waals surface area contributed by atoms with Crippen LogP contribution < -0.4 is 29.4 Å². The molecule has 18 rings (SSSR count). The Morgan fingerprint density at radius 3 is 0.385 bits per heavy atom. The van der Waals surface area contributed by atoms with Gasteiger partial charge in [0.1, 0.15) is 0 Å². The van der Waals surface area contributed by atoms with E-state index in [0.717, 1.165) is 42.2 Å². The van der Waals surface area contributed by atoms with Gasteiger partial charge >= 0.3 is 0 Å². The summed E-state index contributed by atoms with van der Waals surface area (Å²) in [6, 6.07) is 39.6. The maximum Gasteiger partial charge on any atom is 0.269 e. The summed E-state index contributed by atoms with van der Waals surface area (Å²) in [7, 11) is 6.75. The maximum atomic E-state index is 13.6. The lowest BCUT2D eigenvalue weighted by atomic mass is 9.85. The zero-order chi connectivity index (χ0) is 94.4. The van der Waals surface area contributed by atoms with Gasteiger partial charge in [0.05, 0.1) is 63.7 Å². The van der Waals surface area contributed by atoms with Crippen LogP contribution in [0.4, 0.5) is 68.2 Å². The Bertz CT molecular complexity index is 6060. The van der Waals surface area contributed by atoms with E-state index in [4.69, 9.17) is 0 Å². The van der Waals surface area contributed by atoms with Gasteiger partial charge in [0.15, 0.2) is 0 Å². The van der Waals surface area contributed by atoms with Crippen molar-refractivity contribution < 1.29 is 96.7 Å². The molecule has 0 spiro atoms. The van der Waals surface area contributed by atoms with E-state index in [1.54, 1.807) is 69.7 Å². The Balaban J connectivity index is 0.000000149. The Morgan fingerprint density at radius 1 is 0.208 bits per heavy atom. The SMILES string of the molecule is CN(C)C=O.CN(C)C=O.Cc1cc([N+](=O)[O-])ccc1N1C(=O)c2ccc3c4c(ccc(c24)C1=O)C(=O)N(c1ccc([N+](=O)[O-])cc1C)C3=O.Cc1cc([N+](=O)[O-])ccc1N1C(=O)c2ccc3c4c(ccc(c24)C1=O)C(=O)N(c1ccc([N+](=O)[O-])cc1C)C3=O.Cc1cc([N+](=O)[O-])ccc1N1C(=O)c2ccc3c4c(ccc(c24)C1=O)C(=O)N(c1ccc([N+](=O)[O-])cc1C)C3=O. The van der Waals surface area contributed by atoms with Crippen LogP contribution in [0.3, 0.4) is 0 Å². The zero-order valence-electron chi connectivity index (χ0n) is 69.4. The zero-order valence-corrected chi connectivity index (χ0v) is 69.4. The number of non-ortho nitro benzene ring substituents is 6. The summed E-state index contributed by atoms with van der Waals surface area (Å²) in [5.74, 6) is -8.43. The van der Waals surface area contributed by atoms with Crippen molar-refractivity contribution in [2.24, 2.45) is 0 Å². The minimum Gasteiger partial charge on any atom is -0.351 e. The van der Waals surface area contributed by atoms with Crippen LogP contribution in [0.1, 0.15) is 158 Å². The van der Waals surface area contributed by atoms with Crippen molar-refractivity contribution in [1.29, 1.82) is 0 Å². The number of hydrogen-bond acceptors (Lipinski definition) is 26. The van der Waals surface area contributed by atoms with Crippen molar-refractivity contribution in [3.8, 4) is 0 Å². The first-order chi connectivity index (χ1) is 61.6. The molecule has 0 saturated heterocycles. The van der Waals surface area contributed by atoms with E-state index >= 15 is 0 Å². The van der Waals surface area contributed by atoms with Gasteiger partial charge in [-0.2, -0.15) is 0 Å². The van der Waals surface area contributed by atoms with Crippen LogP contribution in [0.15, 0.2) is 182 Å². The standard InChI is InChI=1S/3C28H16N4O8.2C3H7NO/c3*1-13-11-15(31(37)38)3-9-21(13)29-25(33)17-5-7-19-24-20(8-6-18(23(17)24)26(29)34)28(36)30(27(19)35)22-10-4-16(32(39)40)12-14(22)2;2*1-4(2)3-5/h3*3-12H,1-2H3;2*3H,1-2H3. The van der Waals surface area contributed by atoms with Gasteiger partial charge in [-0.05, 0) is 184 Å². The Morgan fingerprint density at radius 2 is 0.308 bits per heavy atom. The van der Waals surface area contributed by atoms with Crippen LogP contribution >= 0.6 is 0 Å². The molecule has 0 aliphatic carbocycles. The summed E-state index contributed by atoms with van der Waals surface area (Å²) in [6.45, 7) is 9.28. The number of nitro benzene ring substituents is 6. The fourth-order valence-electron chi connectivity index (χ4n) is 16.0. The number of rotatable bonds is 14. The third kappa shape index (κ3) is 14.6. The monoisotopic (exact) mass is 1750 g/mol. The van der Waals surface area contributed by atoms with Crippen molar-refractivity contribution in [2.75, 3.05) is 57.6 Å². The van der Waals surface area contributed by atoms with Crippen molar-refractivity contribution in [1.82, 2.24) is 9.80 Å². The number of carbonyl (C=O) groups excluding carboxylic acids is 14. The van der Waals surface area contributed by atoms with Crippen molar-refractivity contribution in [3.63, 3.8) is 0 Å². The summed E-state index contributed by atoms with van der Waals surface area (Å²) in [5.41, 5.74) is 3.00. The molecule has 40 nitrogen and oxygen atoms in total. The molecule has 12 aromatic rings. The van der Waals surface area contributed by atoms with E-state index in [2.05, 4.69) is 0 Å². The Labute approximate surface area is 729 Å². The molecule has 0 atom stereocenters. The fourth-order valence-corrected chi connectivity index (χ4v) is 16.0. The molecular formula is C90H62N14O26. The molecule has 12 aromatic carbocycles. The van der Waals surface area contributed by atoms with Crippen molar-refractivity contribution in [2.45, 2.75) is 41.5 Å². The van der Waals surface area contributed by atoms with Crippen LogP contribution in [-0.2, 0) is 9.59 Å². The first-order valence-corrected chi connectivity index (χ1v) is 38.4. The summed E-state index contributed by atoms with van der Waals surface area (Å²) in [5, 5.41) is 68.0. The van der Waals surface area contributed by atoms with Gasteiger partial charge in [-0.25, -0.2) is 29.4 Å². The number of aryl methyl sites for hydroxylation is 6. The number of nitrogens with zero attached hydrogens (tertiary/aromatic N) is 14.